The van der Waals surface area contributed by atoms with Gasteiger partial charge < -0.3 is 14.8 Å². The SMILES string of the molecule is COc1ccc(OC)c(NC(=NCCc2ccc(S(N)(=O)=O)cc2)SC2CC(=O)N(c3ccccc3)C2=O)c1. The second kappa shape index (κ2) is 12.3. The van der Waals surface area contributed by atoms with Crippen LogP contribution in [0.25, 0.3) is 0 Å². The lowest BCUT2D eigenvalue weighted by Gasteiger charge is -2.17. The van der Waals surface area contributed by atoms with Gasteiger partial charge in [0.1, 0.15) is 16.7 Å². The summed E-state index contributed by atoms with van der Waals surface area (Å²) in [5.74, 6) is 0.543. The summed E-state index contributed by atoms with van der Waals surface area (Å²) >= 11 is 1.17. The molecular weight excluding hydrogens is 540 g/mol. The number of sulfonamides is 1. The summed E-state index contributed by atoms with van der Waals surface area (Å²) < 4.78 is 33.8. The average Bonchev–Trinajstić information content (AvgIpc) is 3.20. The van der Waals surface area contributed by atoms with Crippen LogP contribution in [0.4, 0.5) is 11.4 Å². The largest absolute Gasteiger partial charge is 0.497 e. The van der Waals surface area contributed by atoms with Gasteiger partial charge in [-0.2, -0.15) is 0 Å². The van der Waals surface area contributed by atoms with E-state index < -0.39 is 15.3 Å². The number of nitrogens with zero attached hydrogens (tertiary/aromatic N) is 2. The molecule has 0 bridgehead atoms. The Bertz CT molecular complexity index is 1480. The van der Waals surface area contributed by atoms with Gasteiger partial charge in [0.15, 0.2) is 5.17 Å². The quantitative estimate of drug-likeness (QED) is 0.227. The van der Waals surface area contributed by atoms with Crippen LogP contribution in [0, 0.1) is 0 Å². The molecule has 4 rings (SSSR count). The van der Waals surface area contributed by atoms with Crippen LogP contribution < -0.4 is 24.8 Å². The summed E-state index contributed by atoms with van der Waals surface area (Å²) in [5.41, 5.74) is 1.97. The number of imide groups is 1. The van der Waals surface area contributed by atoms with E-state index in [0.29, 0.717) is 41.0 Å². The fourth-order valence-corrected chi connectivity index (χ4v) is 5.50. The number of amides is 2. The van der Waals surface area contributed by atoms with E-state index in [9.17, 15) is 18.0 Å². The summed E-state index contributed by atoms with van der Waals surface area (Å²) in [6.07, 6.45) is 0.531. The number of nitrogens with one attached hydrogen (secondary N) is 1. The number of methoxy groups -OCH3 is 2. The minimum Gasteiger partial charge on any atom is -0.497 e. The van der Waals surface area contributed by atoms with E-state index in [1.54, 1.807) is 68.8 Å². The van der Waals surface area contributed by atoms with Crippen molar-refractivity contribution in [3.63, 3.8) is 0 Å². The third-order valence-corrected chi connectivity index (χ3v) is 7.97. The molecule has 1 saturated heterocycles. The van der Waals surface area contributed by atoms with Crippen molar-refractivity contribution in [2.24, 2.45) is 10.1 Å². The fourth-order valence-electron chi connectivity index (χ4n) is 3.94. The first-order chi connectivity index (χ1) is 18.7. The summed E-state index contributed by atoms with van der Waals surface area (Å²) in [6, 6.07) is 20.3. The first-order valence-electron chi connectivity index (χ1n) is 11.9. The highest BCUT2D eigenvalue weighted by atomic mass is 32.2. The molecule has 3 aromatic carbocycles. The molecule has 10 nitrogen and oxygen atoms in total. The molecule has 2 amide bonds. The summed E-state index contributed by atoms with van der Waals surface area (Å²) in [4.78, 5) is 31.9. The zero-order valence-electron chi connectivity index (χ0n) is 21.4. The van der Waals surface area contributed by atoms with Gasteiger partial charge in [-0.1, -0.05) is 42.1 Å². The number of carbonyl (C=O) groups is 2. The maximum atomic E-state index is 13.2. The van der Waals surface area contributed by atoms with E-state index in [0.717, 1.165) is 5.56 Å². The molecule has 3 aromatic rings. The molecule has 1 aliphatic heterocycles. The number of para-hydroxylation sites is 1. The topological polar surface area (TPSA) is 140 Å². The van der Waals surface area contributed by atoms with Crippen molar-refractivity contribution >= 4 is 50.1 Å². The van der Waals surface area contributed by atoms with Crippen LogP contribution >= 0.6 is 11.8 Å². The molecular formula is C27H28N4O6S2. The molecule has 3 N–H and O–H groups in total. The summed E-state index contributed by atoms with van der Waals surface area (Å²) in [5, 5.41) is 8.16. The van der Waals surface area contributed by atoms with Gasteiger partial charge >= 0.3 is 0 Å². The minimum atomic E-state index is -3.77. The normalized spacial score (nSPS) is 15.9. The first kappa shape index (κ1) is 28.1. The summed E-state index contributed by atoms with van der Waals surface area (Å²) in [6.45, 7) is 0.327. The smallest absolute Gasteiger partial charge is 0.247 e. The Kier molecular flexibility index (Phi) is 8.90. The first-order valence-corrected chi connectivity index (χ1v) is 14.4. The molecule has 0 spiro atoms. The molecule has 0 aliphatic carbocycles. The number of primary sulfonamides is 1. The lowest BCUT2D eigenvalue weighted by atomic mass is 10.1. The number of benzene rings is 3. The zero-order valence-corrected chi connectivity index (χ0v) is 23.0. The van der Waals surface area contributed by atoms with Crippen molar-refractivity contribution in [3.05, 3.63) is 78.4 Å². The van der Waals surface area contributed by atoms with Gasteiger partial charge in [-0.25, -0.2) is 18.5 Å². The number of hydrogen-bond donors (Lipinski definition) is 2. The van der Waals surface area contributed by atoms with Crippen molar-refractivity contribution in [2.45, 2.75) is 23.0 Å². The van der Waals surface area contributed by atoms with E-state index >= 15 is 0 Å². The lowest BCUT2D eigenvalue weighted by molar-refractivity contribution is -0.121. The van der Waals surface area contributed by atoms with Crippen LogP contribution in [-0.2, 0) is 26.0 Å². The standard InChI is InChI=1S/C27H28N4O6S2/c1-36-20-10-13-23(37-2)22(16-20)30-27(29-15-14-18-8-11-21(12-9-18)39(28,34)35)38-24-17-25(32)31(26(24)33)19-6-4-3-5-7-19/h3-13,16,24H,14-15,17H2,1-2H3,(H,29,30)(H2,28,34,35). The maximum Gasteiger partial charge on any atom is 0.247 e. The van der Waals surface area contributed by atoms with E-state index in [1.165, 1.54) is 28.8 Å². The second-order valence-corrected chi connectivity index (χ2v) is 11.3. The molecule has 1 aliphatic rings. The van der Waals surface area contributed by atoms with E-state index in [1.807, 2.05) is 6.07 Å². The van der Waals surface area contributed by atoms with Gasteiger partial charge in [0.05, 0.1) is 30.5 Å². The molecule has 0 radical (unpaired) electrons. The molecule has 0 saturated carbocycles. The van der Waals surface area contributed by atoms with Gasteiger partial charge in [0, 0.05) is 19.0 Å². The lowest BCUT2D eigenvalue weighted by Crippen LogP contribution is -2.31. The molecule has 0 aromatic heterocycles. The highest BCUT2D eigenvalue weighted by Crippen LogP contribution is 2.33. The Hall–Kier alpha value is -3.87. The van der Waals surface area contributed by atoms with Crippen LogP contribution in [0.1, 0.15) is 12.0 Å². The molecule has 1 atom stereocenters. The number of anilines is 2. The van der Waals surface area contributed by atoms with E-state index in [2.05, 4.69) is 10.3 Å². The molecule has 1 unspecified atom stereocenters. The minimum absolute atomic E-state index is 0.0311. The highest BCUT2D eigenvalue weighted by molar-refractivity contribution is 8.15. The van der Waals surface area contributed by atoms with Crippen molar-refractivity contribution in [1.29, 1.82) is 0 Å². The van der Waals surface area contributed by atoms with Crippen LogP contribution in [0.5, 0.6) is 11.5 Å². The number of hydrogen-bond acceptors (Lipinski definition) is 8. The van der Waals surface area contributed by atoms with Gasteiger partial charge in [-0.3, -0.25) is 14.6 Å². The maximum absolute atomic E-state index is 13.2. The zero-order chi connectivity index (χ0) is 28.0. The second-order valence-electron chi connectivity index (χ2n) is 8.53. The Balaban J connectivity index is 1.56. The van der Waals surface area contributed by atoms with Crippen molar-refractivity contribution in [3.8, 4) is 11.5 Å². The number of carbonyl (C=O) groups excluding carboxylic acids is 2. The number of rotatable bonds is 9. The van der Waals surface area contributed by atoms with Crippen LogP contribution in [0.2, 0.25) is 0 Å². The molecule has 12 heteroatoms. The van der Waals surface area contributed by atoms with E-state index in [-0.39, 0.29) is 23.1 Å². The number of ether oxygens (including phenoxy) is 2. The van der Waals surface area contributed by atoms with Gasteiger partial charge in [-0.05, 0) is 48.4 Å². The number of amidine groups is 1. The van der Waals surface area contributed by atoms with Crippen molar-refractivity contribution < 1.29 is 27.5 Å². The molecule has 204 valence electrons. The Labute approximate surface area is 231 Å². The summed E-state index contributed by atoms with van der Waals surface area (Å²) in [7, 11) is -0.681. The Morgan fingerprint density at radius 3 is 2.41 bits per heavy atom. The predicted octanol–water partition coefficient (Wildman–Crippen LogP) is 3.43. The number of thioether (sulfide) groups is 1. The number of aliphatic imine (C=N–C) groups is 1. The van der Waals surface area contributed by atoms with Crippen molar-refractivity contribution in [2.75, 3.05) is 31.0 Å². The van der Waals surface area contributed by atoms with Crippen LogP contribution in [-0.4, -0.2) is 51.4 Å². The third kappa shape index (κ3) is 6.96. The fraction of sp³-hybridized carbons (Fsp3) is 0.222. The number of nitrogens with two attached hydrogens (primary N) is 1. The Morgan fingerprint density at radius 1 is 1.05 bits per heavy atom. The highest BCUT2D eigenvalue weighted by Gasteiger charge is 2.40. The predicted molar refractivity (Wildman–Crippen MR) is 152 cm³/mol. The molecule has 39 heavy (non-hydrogen) atoms. The monoisotopic (exact) mass is 568 g/mol. The van der Waals surface area contributed by atoms with E-state index in [4.69, 9.17) is 14.6 Å². The third-order valence-electron chi connectivity index (χ3n) is 5.93. The Morgan fingerprint density at radius 2 is 1.77 bits per heavy atom. The molecule has 1 fully saturated rings. The van der Waals surface area contributed by atoms with Crippen LogP contribution in [0.15, 0.2) is 82.7 Å². The molecule has 1 heterocycles. The van der Waals surface area contributed by atoms with Gasteiger partial charge in [0.2, 0.25) is 21.8 Å². The average molecular weight is 569 g/mol. The van der Waals surface area contributed by atoms with Crippen molar-refractivity contribution in [1.82, 2.24) is 0 Å². The van der Waals surface area contributed by atoms with Gasteiger partial charge in [0.25, 0.3) is 0 Å². The van der Waals surface area contributed by atoms with Crippen LogP contribution in [0.3, 0.4) is 0 Å². The van der Waals surface area contributed by atoms with Gasteiger partial charge in [-0.15, -0.1) is 0 Å².